The zero-order chi connectivity index (χ0) is 18.9. The lowest BCUT2D eigenvalue weighted by Gasteiger charge is -2.26. The molecule has 1 saturated carbocycles. The van der Waals surface area contributed by atoms with Gasteiger partial charge in [-0.05, 0) is 60.9 Å². The van der Waals surface area contributed by atoms with Gasteiger partial charge in [-0.15, -0.1) is 0 Å². The fourth-order valence-electron chi connectivity index (χ4n) is 3.79. The SMILES string of the molecule is Cc1cc(-c2ccc(F)cc2F)ccc1S(=O)(=O)CC1CCC(C)CC1. The summed E-state index contributed by atoms with van der Waals surface area (Å²) in [5.41, 5.74) is 1.40. The fourth-order valence-corrected chi connectivity index (χ4v) is 5.74. The number of sulfone groups is 1. The van der Waals surface area contributed by atoms with Gasteiger partial charge in [0.05, 0.1) is 10.6 Å². The van der Waals surface area contributed by atoms with Gasteiger partial charge in [0.25, 0.3) is 0 Å². The Morgan fingerprint density at radius 2 is 1.69 bits per heavy atom. The van der Waals surface area contributed by atoms with E-state index >= 15 is 0 Å². The van der Waals surface area contributed by atoms with Crippen molar-refractivity contribution in [2.75, 3.05) is 5.75 Å². The summed E-state index contributed by atoms with van der Waals surface area (Å²) in [5.74, 6) is -0.226. The van der Waals surface area contributed by atoms with Gasteiger partial charge in [0.15, 0.2) is 9.84 Å². The Morgan fingerprint density at radius 1 is 1.00 bits per heavy atom. The number of benzene rings is 2. The molecule has 26 heavy (non-hydrogen) atoms. The Morgan fingerprint density at radius 3 is 2.31 bits per heavy atom. The number of hydrogen-bond acceptors (Lipinski definition) is 2. The largest absolute Gasteiger partial charge is 0.224 e. The molecule has 5 heteroatoms. The average Bonchev–Trinajstić information content (AvgIpc) is 2.56. The van der Waals surface area contributed by atoms with Crippen molar-refractivity contribution in [2.45, 2.75) is 44.4 Å². The zero-order valence-electron chi connectivity index (χ0n) is 15.1. The molecule has 0 bridgehead atoms. The molecule has 2 nitrogen and oxygen atoms in total. The summed E-state index contributed by atoms with van der Waals surface area (Å²) in [6, 6.07) is 8.21. The highest BCUT2D eigenvalue weighted by atomic mass is 32.2. The molecule has 0 saturated heterocycles. The molecular weight excluding hydrogens is 354 g/mol. The van der Waals surface area contributed by atoms with Crippen LogP contribution in [0.3, 0.4) is 0 Å². The van der Waals surface area contributed by atoms with Gasteiger partial charge in [0.2, 0.25) is 0 Å². The highest BCUT2D eigenvalue weighted by Crippen LogP contribution is 2.32. The van der Waals surface area contributed by atoms with Crippen molar-refractivity contribution in [3.05, 3.63) is 53.6 Å². The van der Waals surface area contributed by atoms with Gasteiger partial charge >= 0.3 is 0 Å². The summed E-state index contributed by atoms with van der Waals surface area (Å²) in [5, 5.41) is 0. The number of aryl methyl sites for hydroxylation is 1. The Bertz CT molecular complexity index is 898. The van der Waals surface area contributed by atoms with Gasteiger partial charge in [-0.3, -0.25) is 0 Å². The van der Waals surface area contributed by atoms with Gasteiger partial charge < -0.3 is 0 Å². The van der Waals surface area contributed by atoms with Crippen LogP contribution >= 0.6 is 0 Å². The molecule has 0 amide bonds. The lowest BCUT2D eigenvalue weighted by molar-refractivity contribution is 0.308. The molecule has 2 aromatic rings. The second-order valence-corrected chi connectivity index (χ2v) is 9.51. The molecular formula is C21H24F2O2S. The van der Waals surface area contributed by atoms with Gasteiger partial charge in [-0.1, -0.05) is 31.9 Å². The van der Waals surface area contributed by atoms with E-state index in [0.29, 0.717) is 21.9 Å². The van der Waals surface area contributed by atoms with Crippen molar-refractivity contribution in [2.24, 2.45) is 11.8 Å². The van der Waals surface area contributed by atoms with Crippen LogP contribution in [0, 0.1) is 30.4 Å². The Balaban J connectivity index is 1.84. The maximum Gasteiger partial charge on any atom is 0.178 e. The molecule has 0 aliphatic heterocycles. The Labute approximate surface area is 154 Å². The Hall–Kier alpha value is -1.75. The number of rotatable bonds is 4. The van der Waals surface area contributed by atoms with E-state index in [9.17, 15) is 17.2 Å². The monoisotopic (exact) mass is 378 g/mol. The molecule has 0 aromatic heterocycles. The standard InChI is InChI=1S/C21H24F2O2S/c1-14-3-5-16(6-4-14)13-26(24,25)21-10-7-17(11-15(21)2)19-9-8-18(22)12-20(19)23/h7-12,14,16H,3-6,13H2,1-2H3. The summed E-state index contributed by atoms with van der Waals surface area (Å²) in [4.78, 5) is 0.308. The topological polar surface area (TPSA) is 34.1 Å². The summed E-state index contributed by atoms with van der Waals surface area (Å²) >= 11 is 0. The number of halogens is 2. The van der Waals surface area contributed by atoms with Crippen molar-refractivity contribution in [1.29, 1.82) is 0 Å². The third-order valence-electron chi connectivity index (χ3n) is 5.34. The molecule has 1 aliphatic rings. The first-order valence-electron chi connectivity index (χ1n) is 9.05. The van der Waals surface area contributed by atoms with Crippen LogP contribution in [0.2, 0.25) is 0 Å². The molecule has 0 N–H and O–H groups in total. The molecule has 140 valence electrons. The highest BCUT2D eigenvalue weighted by Gasteiger charge is 2.26. The molecule has 0 unspecified atom stereocenters. The summed E-state index contributed by atoms with van der Waals surface area (Å²) in [6.45, 7) is 3.93. The predicted octanol–water partition coefficient (Wildman–Crippen LogP) is 5.54. The van der Waals surface area contributed by atoms with Crippen LogP contribution in [0.5, 0.6) is 0 Å². The van der Waals surface area contributed by atoms with E-state index in [0.717, 1.165) is 31.7 Å². The van der Waals surface area contributed by atoms with Gasteiger partial charge in [-0.25, -0.2) is 17.2 Å². The van der Waals surface area contributed by atoms with E-state index in [1.807, 2.05) is 0 Å². The van der Waals surface area contributed by atoms with E-state index in [1.165, 1.54) is 12.1 Å². The molecule has 0 atom stereocenters. The quantitative estimate of drug-likeness (QED) is 0.700. The first-order chi connectivity index (χ1) is 12.3. The molecule has 3 rings (SSSR count). The first kappa shape index (κ1) is 19.0. The lowest BCUT2D eigenvalue weighted by Crippen LogP contribution is -2.21. The van der Waals surface area contributed by atoms with Crippen LogP contribution in [-0.2, 0) is 9.84 Å². The molecule has 2 aromatic carbocycles. The van der Waals surface area contributed by atoms with E-state index in [1.54, 1.807) is 25.1 Å². The second-order valence-electron chi connectivity index (χ2n) is 7.51. The van der Waals surface area contributed by atoms with E-state index < -0.39 is 21.5 Å². The van der Waals surface area contributed by atoms with Crippen LogP contribution in [-0.4, -0.2) is 14.2 Å². The Kier molecular flexibility index (Phi) is 5.47. The van der Waals surface area contributed by atoms with E-state index in [4.69, 9.17) is 0 Å². The van der Waals surface area contributed by atoms with Crippen LogP contribution < -0.4 is 0 Å². The van der Waals surface area contributed by atoms with Crippen LogP contribution in [0.4, 0.5) is 8.78 Å². The van der Waals surface area contributed by atoms with E-state index in [2.05, 4.69) is 6.92 Å². The van der Waals surface area contributed by atoms with Crippen molar-refractivity contribution in [3.63, 3.8) is 0 Å². The maximum atomic E-state index is 14.0. The second kappa shape index (κ2) is 7.47. The van der Waals surface area contributed by atoms with Gasteiger partial charge in [0, 0.05) is 11.6 Å². The summed E-state index contributed by atoms with van der Waals surface area (Å²) < 4.78 is 52.8. The van der Waals surface area contributed by atoms with Crippen LogP contribution in [0.25, 0.3) is 11.1 Å². The number of hydrogen-bond donors (Lipinski definition) is 0. The third-order valence-corrected chi connectivity index (χ3v) is 7.38. The molecule has 0 heterocycles. The molecule has 1 fully saturated rings. The van der Waals surface area contributed by atoms with Crippen molar-refractivity contribution in [1.82, 2.24) is 0 Å². The smallest absolute Gasteiger partial charge is 0.178 e. The minimum Gasteiger partial charge on any atom is -0.224 e. The average molecular weight is 378 g/mol. The highest BCUT2D eigenvalue weighted by molar-refractivity contribution is 7.91. The zero-order valence-corrected chi connectivity index (χ0v) is 16.0. The van der Waals surface area contributed by atoms with Crippen molar-refractivity contribution in [3.8, 4) is 11.1 Å². The van der Waals surface area contributed by atoms with E-state index in [-0.39, 0.29) is 17.2 Å². The van der Waals surface area contributed by atoms with Crippen LogP contribution in [0.15, 0.2) is 41.3 Å². The maximum absolute atomic E-state index is 14.0. The minimum absolute atomic E-state index is 0.171. The summed E-state index contributed by atoms with van der Waals surface area (Å²) in [7, 11) is -3.38. The molecule has 0 radical (unpaired) electrons. The van der Waals surface area contributed by atoms with Crippen molar-refractivity contribution >= 4 is 9.84 Å². The third kappa shape index (κ3) is 4.14. The predicted molar refractivity (Wildman–Crippen MR) is 99.7 cm³/mol. The van der Waals surface area contributed by atoms with Gasteiger partial charge in [-0.2, -0.15) is 0 Å². The van der Waals surface area contributed by atoms with Gasteiger partial charge in [0.1, 0.15) is 11.6 Å². The fraction of sp³-hybridized carbons (Fsp3) is 0.429. The molecule has 1 aliphatic carbocycles. The lowest BCUT2D eigenvalue weighted by atomic mass is 9.84. The first-order valence-corrected chi connectivity index (χ1v) is 10.7. The normalized spacial score (nSPS) is 20.9. The molecule has 0 spiro atoms. The summed E-state index contributed by atoms with van der Waals surface area (Å²) in [6.07, 6.45) is 4.08. The van der Waals surface area contributed by atoms with Crippen molar-refractivity contribution < 1.29 is 17.2 Å². The minimum atomic E-state index is -3.38. The van der Waals surface area contributed by atoms with Crippen LogP contribution in [0.1, 0.15) is 38.2 Å².